The Balaban J connectivity index is 2.62. The molecule has 0 fully saturated rings. The average molecular weight is 266 g/mol. The van der Waals surface area contributed by atoms with E-state index in [2.05, 4.69) is 0 Å². The van der Waals surface area contributed by atoms with Crippen LogP contribution < -0.4 is 5.73 Å². The van der Waals surface area contributed by atoms with Crippen LogP contribution in [0.4, 0.5) is 5.69 Å². The lowest BCUT2D eigenvalue weighted by atomic mass is 10.1. The molecular formula is C13H18N2O4. The summed E-state index contributed by atoms with van der Waals surface area (Å²) < 4.78 is 5.01. The van der Waals surface area contributed by atoms with Gasteiger partial charge in [-0.3, -0.25) is 14.9 Å². The van der Waals surface area contributed by atoms with Gasteiger partial charge in [0.05, 0.1) is 10.5 Å². The summed E-state index contributed by atoms with van der Waals surface area (Å²) >= 11 is 0. The lowest BCUT2D eigenvalue weighted by molar-refractivity contribution is -0.385. The second-order valence-corrected chi connectivity index (χ2v) is 4.73. The van der Waals surface area contributed by atoms with Crippen LogP contribution in [0.3, 0.4) is 0 Å². The zero-order valence-electron chi connectivity index (χ0n) is 11.0. The number of benzene rings is 1. The molecule has 0 aliphatic carbocycles. The SMILES string of the molecule is CC(C)CC(N)C(=O)OCc1ccccc1[N+](=O)[O-]. The van der Waals surface area contributed by atoms with Gasteiger partial charge in [0.2, 0.25) is 0 Å². The number of carbonyl (C=O) groups excluding carboxylic acids is 1. The Labute approximate surface area is 111 Å². The van der Waals surface area contributed by atoms with Crippen LogP contribution in [-0.2, 0) is 16.1 Å². The Hall–Kier alpha value is -1.95. The number of nitro groups is 1. The number of nitro benzene ring substituents is 1. The molecule has 0 radical (unpaired) electrons. The van der Waals surface area contributed by atoms with Gasteiger partial charge >= 0.3 is 5.97 Å². The van der Waals surface area contributed by atoms with Crippen LogP contribution in [0, 0.1) is 16.0 Å². The minimum absolute atomic E-state index is 0.0623. The molecule has 1 rings (SSSR count). The van der Waals surface area contributed by atoms with Crippen molar-refractivity contribution in [2.75, 3.05) is 0 Å². The van der Waals surface area contributed by atoms with Gasteiger partial charge in [0.1, 0.15) is 12.6 Å². The number of esters is 1. The molecule has 6 heteroatoms. The zero-order valence-corrected chi connectivity index (χ0v) is 11.0. The molecule has 19 heavy (non-hydrogen) atoms. The number of para-hydroxylation sites is 1. The van der Waals surface area contributed by atoms with Gasteiger partial charge in [0.15, 0.2) is 0 Å². The van der Waals surface area contributed by atoms with Crippen molar-refractivity contribution in [3.63, 3.8) is 0 Å². The van der Waals surface area contributed by atoms with Gasteiger partial charge < -0.3 is 10.5 Å². The molecule has 0 bridgehead atoms. The maximum atomic E-state index is 11.6. The molecule has 1 unspecified atom stereocenters. The van der Waals surface area contributed by atoms with Gasteiger partial charge in [-0.1, -0.05) is 26.0 Å². The van der Waals surface area contributed by atoms with Crippen molar-refractivity contribution < 1.29 is 14.5 Å². The van der Waals surface area contributed by atoms with E-state index in [4.69, 9.17) is 10.5 Å². The van der Waals surface area contributed by atoms with Crippen LogP contribution in [0.15, 0.2) is 24.3 Å². The first-order valence-electron chi connectivity index (χ1n) is 6.06. The third-order valence-corrected chi connectivity index (χ3v) is 2.59. The fourth-order valence-electron chi connectivity index (χ4n) is 1.67. The van der Waals surface area contributed by atoms with Crippen molar-refractivity contribution in [2.45, 2.75) is 32.9 Å². The summed E-state index contributed by atoms with van der Waals surface area (Å²) in [4.78, 5) is 21.9. The van der Waals surface area contributed by atoms with E-state index in [1.165, 1.54) is 6.07 Å². The van der Waals surface area contributed by atoms with Crippen LogP contribution >= 0.6 is 0 Å². The molecule has 0 heterocycles. The first-order chi connectivity index (χ1) is 8.91. The fourth-order valence-corrected chi connectivity index (χ4v) is 1.67. The maximum absolute atomic E-state index is 11.6. The molecule has 1 atom stereocenters. The Kier molecular flexibility index (Phi) is 5.44. The second kappa shape index (κ2) is 6.84. The van der Waals surface area contributed by atoms with Crippen molar-refractivity contribution in [3.8, 4) is 0 Å². The average Bonchev–Trinajstić information content (AvgIpc) is 2.35. The fraction of sp³-hybridized carbons (Fsp3) is 0.462. The van der Waals surface area contributed by atoms with E-state index in [0.29, 0.717) is 12.0 Å². The van der Waals surface area contributed by atoms with Crippen molar-refractivity contribution in [1.82, 2.24) is 0 Å². The third-order valence-electron chi connectivity index (χ3n) is 2.59. The van der Waals surface area contributed by atoms with Gasteiger partial charge in [0, 0.05) is 6.07 Å². The highest BCUT2D eigenvalue weighted by Gasteiger charge is 2.19. The van der Waals surface area contributed by atoms with Crippen LogP contribution in [0.2, 0.25) is 0 Å². The summed E-state index contributed by atoms with van der Waals surface area (Å²) in [6, 6.07) is 5.46. The smallest absolute Gasteiger partial charge is 0.323 e. The molecule has 0 spiro atoms. The van der Waals surface area contributed by atoms with Gasteiger partial charge in [0.25, 0.3) is 5.69 Å². The molecule has 6 nitrogen and oxygen atoms in total. The minimum Gasteiger partial charge on any atom is -0.459 e. The predicted molar refractivity (Wildman–Crippen MR) is 70.3 cm³/mol. The number of nitrogens with zero attached hydrogens (tertiary/aromatic N) is 1. The quantitative estimate of drug-likeness (QED) is 0.482. The standard InChI is InChI=1S/C13H18N2O4/c1-9(2)7-11(14)13(16)19-8-10-5-3-4-6-12(10)15(17)18/h3-6,9,11H,7-8,14H2,1-2H3. The van der Waals surface area contributed by atoms with E-state index in [1.54, 1.807) is 18.2 Å². The molecule has 0 saturated heterocycles. The number of ether oxygens (including phenoxy) is 1. The number of rotatable bonds is 6. The van der Waals surface area contributed by atoms with Crippen molar-refractivity contribution >= 4 is 11.7 Å². The van der Waals surface area contributed by atoms with Gasteiger partial charge in [-0.15, -0.1) is 0 Å². The van der Waals surface area contributed by atoms with Crippen LogP contribution in [0.1, 0.15) is 25.8 Å². The molecule has 0 aliphatic rings. The highest BCUT2D eigenvalue weighted by Crippen LogP contribution is 2.18. The molecule has 0 amide bonds. The van der Waals surface area contributed by atoms with Crippen molar-refractivity contribution in [3.05, 3.63) is 39.9 Å². The van der Waals surface area contributed by atoms with Gasteiger partial charge in [-0.05, 0) is 18.4 Å². The predicted octanol–water partition coefficient (Wildman–Crippen LogP) is 2.01. The number of hydrogen-bond acceptors (Lipinski definition) is 5. The van der Waals surface area contributed by atoms with E-state index >= 15 is 0 Å². The molecule has 0 aromatic heterocycles. The molecule has 1 aromatic rings. The van der Waals surface area contributed by atoms with E-state index in [-0.39, 0.29) is 18.2 Å². The molecule has 0 aliphatic heterocycles. The summed E-state index contributed by atoms with van der Waals surface area (Å²) in [6.45, 7) is 3.77. The molecular weight excluding hydrogens is 248 g/mol. The van der Waals surface area contributed by atoms with Crippen molar-refractivity contribution in [1.29, 1.82) is 0 Å². The summed E-state index contributed by atoms with van der Waals surface area (Å²) in [5.74, 6) is -0.250. The Morgan fingerprint density at radius 1 is 1.42 bits per heavy atom. The van der Waals surface area contributed by atoms with Gasteiger partial charge in [-0.25, -0.2) is 0 Å². The van der Waals surface area contributed by atoms with Gasteiger partial charge in [-0.2, -0.15) is 0 Å². The molecule has 104 valence electrons. The van der Waals surface area contributed by atoms with E-state index in [1.807, 2.05) is 13.8 Å². The van der Waals surface area contributed by atoms with Crippen LogP contribution in [0.5, 0.6) is 0 Å². The highest BCUT2D eigenvalue weighted by molar-refractivity contribution is 5.75. The normalized spacial score (nSPS) is 12.2. The zero-order chi connectivity index (χ0) is 14.4. The first-order valence-corrected chi connectivity index (χ1v) is 6.06. The molecule has 2 N–H and O–H groups in total. The van der Waals surface area contributed by atoms with E-state index < -0.39 is 16.9 Å². The Morgan fingerprint density at radius 2 is 2.05 bits per heavy atom. The Bertz CT molecular complexity index is 460. The lowest BCUT2D eigenvalue weighted by Crippen LogP contribution is -2.33. The van der Waals surface area contributed by atoms with Crippen LogP contribution in [0.25, 0.3) is 0 Å². The number of hydrogen-bond donors (Lipinski definition) is 1. The number of nitrogens with two attached hydrogens (primary N) is 1. The summed E-state index contributed by atoms with van der Waals surface area (Å²) in [5, 5.41) is 10.8. The highest BCUT2D eigenvalue weighted by atomic mass is 16.6. The third kappa shape index (κ3) is 4.67. The summed E-state index contributed by atoms with van der Waals surface area (Å²) in [6.07, 6.45) is 0.524. The lowest BCUT2D eigenvalue weighted by Gasteiger charge is -2.13. The largest absolute Gasteiger partial charge is 0.459 e. The molecule has 1 aromatic carbocycles. The molecule has 0 saturated carbocycles. The topological polar surface area (TPSA) is 95.5 Å². The minimum atomic E-state index is -0.692. The van der Waals surface area contributed by atoms with E-state index in [9.17, 15) is 14.9 Å². The first kappa shape index (κ1) is 15.1. The second-order valence-electron chi connectivity index (χ2n) is 4.73. The Morgan fingerprint density at radius 3 is 2.63 bits per heavy atom. The van der Waals surface area contributed by atoms with Crippen LogP contribution in [-0.4, -0.2) is 16.9 Å². The summed E-state index contributed by atoms with van der Waals surface area (Å²) in [7, 11) is 0. The monoisotopic (exact) mass is 266 g/mol. The number of carbonyl (C=O) groups is 1. The summed E-state index contributed by atoms with van der Waals surface area (Å²) in [5.41, 5.74) is 5.97. The van der Waals surface area contributed by atoms with Crippen molar-refractivity contribution in [2.24, 2.45) is 11.7 Å². The maximum Gasteiger partial charge on any atom is 0.323 e. The van der Waals surface area contributed by atoms with E-state index in [0.717, 1.165) is 0 Å².